The fourth-order valence-corrected chi connectivity index (χ4v) is 1.60. The zero-order valence-electron chi connectivity index (χ0n) is 6.66. The first-order valence-electron chi connectivity index (χ1n) is 3.69. The SMILES string of the molecule is CC(=O)N1Cc2[nH]nc(S)c2C1. The predicted octanol–water partition coefficient (Wildman–Crippen LogP) is 0.560. The Balaban J connectivity index is 2.28. The molecule has 1 N–H and O–H groups in total. The Morgan fingerprint density at radius 3 is 3.00 bits per heavy atom. The minimum Gasteiger partial charge on any atom is -0.333 e. The molecular weight excluding hydrogens is 174 g/mol. The van der Waals surface area contributed by atoms with E-state index in [4.69, 9.17) is 0 Å². The van der Waals surface area contributed by atoms with Gasteiger partial charge in [0.25, 0.3) is 0 Å². The van der Waals surface area contributed by atoms with Crippen molar-refractivity contribution >= 4 is 18.5 Å². The summed E-state index contributed by atoms with van der Waals surface area (Å²) in [6.45, 7) is 2.84. The van der Waals surface area contributed by atoms with Gasteiger partial charge in [0.1, 0.15) is 5.03 Å². The molecule has 1 aliphatic heterocycles. The highest BCUT2D eigenvalue weighted by molar-refractivity contribution is 7.80. The molecule has 0 spiro atoms. The van der Waals surface area contributed by atoms with Crippen molar-refractivity contribution in [3.8, 4) is 0 Å². The van der Waals surface area contributed by atoms with Gasteiger partial charge in [-0.3, -0.25) is 9.89 Å². The first-order valence-corrected chi connectivity index (χ1v) is 4.14. The van der Waals surface area contributed by atoms with E-state index in [-0.39, 0.29) is 5.91 Å². The van der Waals surface area contributed by atoms with E-state index in [0.717, 1.165) is 11.3 Å². The highest BCUT2D eigenvalue weighted by atomic mass is 32.1. The van der Waals surface area contributed by atoms with E-state index in [0.29, 0.717) is 18.1 Å². The smallest absolute Gasteiger partial charge is 0.220 e. The maximum atomic E-state index is 11.0. The van der Waals surface area contributed by atoms with Crippen LogP contribution in [0.4, 0.5) is 0 Å². The van der Waals surface area contributed by atoms with Crippen molar-refractivity contribution in [1.82, 2.24) is 15.1 Å². The van der Waals surface area contributed by atoms with Crippen LogP contribution in [-0.2, 0) is 17.9 Å². The molecule has 0 aromatic carbocycles. The van der Waals surface area contributed by atoms with E-state index >= 15 is 0 Å². The zero-order valence-corrected chi connectivity index (χ0v) is 7.56. The van der Waals surface area contributed by atoms with Crippen molar-refractivity contribution < 1.29 is 4.79 Å². The van der Waals surface area contributed by atoms with Gasteiger partial charge in [-0.2, -0.15) is 5.10 Å². The number of nitrogens with zero attached hydrogens (tertiary/aromatic N) is 2. The van der Waals surface area contributed by atoms with Crippen LogP contribution in [0.25, 0.3) is 0 Å². The van der Waals surface area contributed by atoms with Gasteiger partial charge in [0.05, 0.1) is 18.8 Å². The molecule has 0 unspecified atom stereocenters. The number of hydrogen-bond donors (Lipinski definition) is 2. The maximum absolute atomic E-state index is 11.0. The molecule has 1 aromatic rings. The van der Waals surface area contributed by atoms with Gasteiger partial charge in [-0.05, 0) is 0 Å². The molecular formula is C7H9N3OS. The van der Waals surface area contributed by atoms with E-state index in [1.54, 1.807) is 11.8 Å². The summed E-state index contributed by atoms with van der Waals surface area (Å²) in [6, 6.07) is 0. The number of H-pyrrole nitrogens is 1. The number of rotatable bonds is 0. The minimum atomic E-state index is 0.0901. The number of amides is 1. The van der Waals surface area contributed by atoms with Crippen LogP contribution < -0.4 is 0 Å². The summed E-state index contributed by atoms with van der Waals surface area (Å²) in [5.74, 6) is 0.0901. The fraction of sp³-hybridized carbons (Fsp3) is 0.429. The van der Waals surface area contributed by atoms with E-state index in [2.05, 4.69) is 22.8 Å². The van der Waals surface area contributed by atoms with Crippen molar-refractivity contribution in [1.29, 1.82) is 0 Å². The molecule has 0 aliphatic carbocycles. The molecule has 0 saturated carbocycles. The third-order valence-electron chi connectivity index (χ3n) is 2.07. The lowest BCUT2D eigenvalue weighted by molar-refractivity contribution is -0.129. The lowest BCUT2D eigenvalue weighted by Crippen LogP contribution is -2.22. The van der Waals surface area contributed by atoms with E-state index in [9.17, 15) is 4.79 Å². The Hall–Kier alpha value is -0.970. The topological polar surface area (TPSA) is 49.0 Å². The third kappa shape index (κ3) is 1.01. The van der Waals surface area contributed by atoms with Crippen LogP contribution in [0.1, 0.15) is 18.2 Å². The molecule has 0 saturated heterocycles. The number of fused-ring (bicyclic) bond motifs is 1. The van der Waals surface area contributed by atoms with Crippen LogP contribution in [0.2, 0.25) is 0 Å². The number of hydrogen-bond acceptors (Lipinski definition) is 3. The zero-order chi connectivity index (χ0) is 8.72. The van der Waals surface area contributed by atoms with Gasteiger partial charge >= 0.3 is 0 Å². The van der Waals surface area contributed by atoms with Gasteiger partial charge in [0.15, 0.2) is 0 Å². The van der Waals surface area contributed by atoms with Crippen LogP contribution in [0, 0.1) is 0 Å². The molecule has 1 aromatic heterocycles. The molecule has 5 heteroatoms. The molecule has 12 heavy (non-hydrogen) atoms. The van der Waals surface area contributed by atoms with Crippen molar-refractivity contribution in [2.24, 2.45) is 0 Å². The molecule has 0 atom stereocenters. The number of aromatic nitrogens is 2. The number of carbonyl (C=O) groups is 1. The van der Waals surface area contributed by atoms with Gasteiger partial charge in [0, 0.05) is 12.5 Å². The van der Waals surface area contributed by atoms with Gasteiger partial charge in [-0.25, -0.2) is 0 Å². The second-order valence-corrected chi connectivity index (χ2v) is 3.30. The van der Waals surface area contributed by atoms with Gasteiger partial charge in [-0.1, -0.05) is 0 Å². The Labute approximate surface area is 75.4 Å². The first kappa shape index (κ1) is 7.67. The number of aromatic amines is 1. The van der Waals surface area contributed by atoms with Gasteiger partial charge in [-0.15, -0.1) is 12.6 Å². The normalized spacial score (nSPS) is 15.0. The second-order valence-electron chi connectivity index (χ2n) is 2.88. The minimum absolute atomic E-state index is 0.0901. The highest BCUT2D eigenvalue weighted by Gasteiger charge is 2.24. The van der Waals surface area contributed by atoms with Crippen molar-refractivity contribution in [2.45, 2.75) is 25.0 Å². The highest BCUT2D eigenvalue weighted by Crippen LogP contribution is 2.25. The number of carbonyl (C=O) groups excluding carboxylic acids is 1. The Morgan fingerprint density at radius 1 is 1.67 bits per heavy atom. The molecule has 2 heterocycles. The summed E-state index contributed by atoms with van der Waals surface area (Å²) in [4.78, 5) is 12.7. The molecule has 0 radical (unpaired) electrons. The predicted molar refractivity (Wildman–Crippen MR) is 45.8 cm³/mol. The fourth-order valence-electron chi connectivity index (χ4n) is 1.35. The summed E-state index contributed by atoms with van der Waals surface area (Å²) < 4.78 is 0. The largest absolute Gasteiger partial charge is 0.333 e. The lowest BCUT2D eigenvalue weighted by Gasteiger charge is -2.11. The molecule has 64 valence electrons. The summed E-state index contributed by atoms with van der Waals surface area (Å²) in [6.07, 6.45) is 0. The Bertz CT molecular complexity index is 333. The van der Waals surface area contributed by atoms with Crippen molar-refractivity contribution in [3.05, 3.63) is 11.3 Å². The summed E-state index contributed by atoms with van der Waals surface area (Å²) in [5, 5.41) is 7.49. The van der Waals surface area contributed by atoms with Crippen LogP contribution in [0.5, 0.6) is 0 Å². The van der Waals surface area contributed by atoms with Gasteiger partial charge in [0.2, 0.25) is 5.91 Å². The summed E-state index contributed by atoms with van der Waals surface area (Å²) >= 11 is 4.17. The third-order valence-corrected chi connectivity index (χ3v) is 2.44. The lowest BCUT2D eigenvalue weighted by atomic mass is 10.3. The second kappa shape index (κ2) is 2.52. The van der Waals surface area contributed by atoms with E-state index in [1.165, 1.54) is 0 Å². The summed E-state index contributed by atoms with van der Waals surface area (Å²) in [7, 11) is 0. The molecule has 4 nitrogen and oxygen atoms in total. The average Bonchev–Trinajstić information content (AvgIpc) is 2.53. The van der Waals surface area contributed by atoms with E-state index in [1.807, 2.05) is 0 Å². The van der Waals surface area contributed by atoms with Crippen LogP contribution >= 0.6 is 12.6 Å². The monoisotopic (exact) mass is 183 g/mol. The Kier molecular flexibility index (Phi) is 1.61. The quantitative estimate of drug-likeness (QED) is 0.577. The van der Waals surface area contributed by atoms with Crippen LogP contribution in [0.15, 0.2) is 5.03 Å². The van der Waals surface area contributed by atoms with Crippen LogP contribution in [0.3, 0.4) is 0 Å². The van der Waals surface area contributed by atoms with Crippen molar-refractivity contribution in [2.75, 3.05) is 0 Å². The number of nitrogens with one attached hydrogen (secondary N) is 1. The standard InChI is InChI=1S/C7H9N3OS/c1-4(11)10-2-5-6(3-10)8-9-7(5)12/h2-3H2,1H3,(H2,8,9,12). The number of thiol groups is 1. The first-order chi connectivity index (χ1) is 5.68. The Morgan fingerprint density at radius 2 is 2.42 bits per heavy atom. The molecule has 0 fully saturated rings. The molecule has 1 amide bonds. The summed E-state index contributed by atoms with van der Waals surface area (Å²) in [5.41, 5.74) is 2.06. The average molecular weight is 183 g/mol. The van der Waals surface area contributed by atoms with E-state index < -0.39 is 0 Å². The maximum Gasteiger partial charge on any atom is 0.220 e. The molecule has 0 bridgehead atoms. The molecule has 2 rings (SSSR count). The van der Waals surface area contributed by atoms with Crippen molar-refractivity contribution in [3.63, 3.8) is 0 Å². The molecule has 1 aliphatic rings. The van der Waals surface area contributed by atoms with Crippen LogP contribution in [-0.4, -0.2) is 21.0 Å². The van der Waals surface area contributed by atoms with Gasteiger partial charge < -0.3 is 4.90 Å².